The second-order valence-corrected chi connectivity index (χ2v) is 6.03. The molecule has 13 heavy (non-hydrogen) atoms. The van der Waals surface area contributed by atoms with Crippen LogP contribution in [0, 0.1) is 5.41 Å². The van der Waals surface area contributed by atoms with E-state index in [-0.39, 0.29) is 10.2 Å². The molecule has 78 valence electrons. The Labute approximate surface area is 85.9 Å². The molecule has 1 atom stereocenters. The van der Waals surface area contributed by atoms with Crippen molar-refractivity contribution in [3.63, 3.8) is 0 Å². The Morgan fingerprint density at radius 1 is 1.38 bits per heavy atom. The quantitative estimate of drug-likeness (QED) is 0.603. The van der Waals surface area contributed by atoms with Gasteiger partial charge < -0.3 is 11.1 Å². The van der Waals surface area contributed by atoms with Crippen LogP contribution in [0.4, 0.5) is 4.79 Å². The van der Waals surface area contributed by atoms with Gasteiger partial charge in [0.05, 0.1) is 0 Å². The van der Waals surface area contributed by atoms with E-state index in [0.717, 1.165) is 6.42 Å². The fourth-order valence-electron chi connectivity index (χ4n) is 1.48. The summed E-state index contributed by atoms with van der Waals surface area (Å²) in [6.45, 7) is 8.93. The Kier molecular flexibility index (Phi) is 4.10. The minimum Gasteiger partial charge on any atom is -0.352 e. The van der Waals surface area contributed by atoms with Gasteiger partial charge in [0.25, 0.3) is 0 Å². The Bertz CT molecular complexity index is 185. The van der Waals surface area contributed by atoms with Crippen molar-refractivity contribution in [1.29, 1.82) is 0 Å². The summed E-state index contributed by atoms with van der Waals surface area (Å²) in [5.41, 5.74) is 5.18. The Morgan fingerprint density at radius 3 is 2.15 bits per heavy atom. The van der Waals surface area contributed by atoms with Crippen molar-refractivity contribution in [3.8, 4) is 0 Å². The minimum absolute atomic E-state index is 0.201. The lowest BCUT2D eigenvalue weighted by atomic mass is 9.85. The lowest BCUT2D eigenvalue weighted by molar-refractivity contribution is 0.245. The summed E-state index contributed by atoms with van der Waals surface area (Å²) in [5, 5.41) is 2.57. The normalized spacial score (nSPS) is 16.4. The Morgan fingerprint density at radius 2 is 1.85 bits per heavy atom. The van der Waals surface area contributed by atoms with Crippen molar-refractivity contribution in [2.45, 2.75) is 38.9 Å². The zero-order valence-electron chi connectivity index (χ0n) is 8.85. The van der Waals surface area contributed by atoms with Gasteiger partial charge in [-0.15, -0.1) is 0 Å². The van der Waals surface area contributed by atoms with Gasteiger partial charge in [0.15, 0.2) is 0 Å². The molecule has 0 aromatic heterocycles. The van der Waals surface area contributed by atoms with Gasteiger partial charge in [-0.3, -0.25) is 0 Å². The Hall–Kier alpha value is -0.380. The largest absolute Gasteiger partial charge is 0.352 e. The van der Waals surface area contributed by atoms with Crippen LogP contribution < -0.4 is 11.1 Å². The predicted octanol–water partition coefficient (Wildman–Crippen LogP) is 1.78. The number of primary amides is 1. The molecular weight excluding hydrogens is 184 g/mol. The molecule has 0 radical (unpaired) electrons. The molecule has 0 aliphatic carbocycles. The SMILES string of the molecule is CC(C)(C)CC(C)(S)CNC(N)=O. The van der Waals surface area contributed by atoms with Crippen LogP contribution in [0.5, 0.6) is 0 Å². The summed E-state index contributed by atoms with van der Waals surface area (Å²) in [4.78, 5) is 10.5. The molecule has 0 spiro atoms. The van der Waals surface area contributed by atoms with E-state index in [0.29, 0.717) is 6.54 Å². The van der Waals surface area contributed by atoms with Crippen LogP contribution in [0.2, 0.25) is 0 Å². The number of nitrogens with one attached hydrogen (secondary N) is 1. The van der Waals surface area contributed by atoms with E-state index in [1.807, 2.05) is 6.92 Å². The van der Waals surface area contributed by atoms with E-state index in [9.17, 15) is 4.79 Å². The molecule has 3 N–H and O–H groups in total. The number of urea groups is 1. The van der Waals surface area contributed by atoms with Crippen molar-refractivity contribution in [1.82, 2.24) is 5.32 Å². The van der Waals surface area contributed by atoms with Crippen molar-refractivity contribution in [2.24, 2.45) is 11.1 Å². The van der Waals surface area contributed by atoms with Crippen LogP contribution in [0.15, 0.2) is 0 Å². The standard InChI is InChI=1S/C9H20N2OS/c1-8(2,3)5-9(4,13)6-11-7(10)12/h13H,5-6H2,1-4H3,(H3,10,11,12). The van der Waals surface area contributed by atoms with Crippen LogP contribution in [-0.2, 0) is 0 Å². The van der Waals surface area contributed by atoms with E-state index in [1.54, 1.807) is 0 Å². The molecular formula is C9H20N2OS. The molecule has 4 heteroatoms. The molecule has 3 nitrogen and oxygen atoms in total. The summed E-state index contributed by atoms with van der Waals surface area (Å²) < 4.78 is -0.201. The first-order valence-corrected chi connectivity index (χ1v) is 4.83. The zero-order valence-corrected chi connectivity index (χ0v) is 9.74. The maximum Gasteiger partial charge on any atom is 0.312 e. The number of carbonyl (C=O) groups excluding carboxylic acids is 1. The van der Waals surface area contributed by atoms with Gasteiger partial charge in [-0.1, -0.05) is 20.8 Å². The average molecular weight is 204 g/mol. The number of carbonyl (C=O) groups is 1. The number of hydrogen-bond acceptors (Lipinski definition) is 2. The first kappa shape index (κ1) is 12.6. The van der Waals surface area contributed by atoms with E-state index in [2.05, 4.69) is 38.7 Å². The van der Waals surface area contributed by atoms with Gasteiger partial charge in [0.2, 0.25) is 0 Å². The van der Waals surface area contributed by atoms with Gasteiger partial charge in [0.1, 0.15) is 0 Å². The average Bonchev–Trinajstić information content (AvgIpc) is 1.78. The highest BCUT2D eigenvalue weighted by molar-refractivity contribution is 7.81. The van der Waals surface area contributed by atoms with Crippen molar-refractivity contribution in [2.75, 3.05) is 6.54 Å². The van der Waals surface area contributed by atoms with Crippen molar-refractivity contribution in [3.05, 3.63) is 0 Å². The van der Waals surface area contributed by atoms with Crippen LogP contribution in [0.25, 0.3) is 0 Å². The first-order valence-electron chi connectivity index (χ1n) is 4.38. The molecule has 1 unspecified atom stereocenters. The topological polar surface area (TPSA) is 55.1 Å². The number of nitrogens with two attached hydrogens (primary N) is 1. The minimum atomic E-state index is -0.491. The lowest BCUT2D eigenvalue weighted by Gasteiger charge is -2.31. The molecule has 0 rings (SSSR count). The second kappa shape index (κ2) is 4.22. The molecule has 0 heterocycles. The maximum atomic E-state index is 10.5. The fraction of sp³-hybridized carbons (Fsp3) is 0.889. The molecule has 0 saturated heterocycles. The van der Waals surface area contributed by atoms with Gasteiger partial charge >= 0.3 is 6.03 Å². The Balaban J connectivity index is 4.01. The zero-order chi connectivity index (χ0) is 10.7. The third kappa shape index (κ3) is 7.96. The van der Waals surface area contributed by atoms with E-state index in [4.69, 9.17) is 5.73 Å². The third-order valence-electron chi connectivity index (χ3n) is 1.55. The number of rotatable bonds is 3. The predicted molar refractivity (Wildman–Crippen MR) is 59.0 cm³/mol. The van der Waals surface area contributed by atoms with Crippen LogP contribution in [0.3, 0.4) is 0 Å². The monoisotopic (exact) mass is 204 g/mol. The molecule has 0 aromatic carbocycles. The van der Waals surface area contributed by atoms with Gasteiger partial charge in [-0.25, -0.2) is 4.79 Å². The summed E-state index contributed by atoms with van der Waals surface area (Å²) >= 11 is 4.48. The molecule has 0 saturated carbocycles. The van der Waals surface area contributed by atoms with E-state index >= 15 is 0 Å². The van der Waals surface area contributed by atoms with Crippen LogP contribution >= 0.6 is 12.6 Å². The van der Waals surface area contributed by atoms with E-state index in [1.165, 1.54) is 0 Å². The summed E-state index contributed by atoms with van der Waals surface area (Å²) in [7, 11) is 0. The first-order chi connectivity index (χ1) is 5.62. The van der Waals surface area contributed by atoms with Crippen molar-refractivity contribution >= 4 is 18.7 Å². The fourth-order valence-corrected chi connectivity index (χ4v) is 2.04. The smallest absolute Gasteiger partial charge is 0.312 e. The maximum absolute atomic E-state index is 10.5. The number of thiol groups is 1. The highest BCUT2D eigenvalue weighted by Crippen LogP contribution is 2.30. The highest BCUT2D eigenvalue weighted by atomic mass is 32.1. The summed E-state index contributed by atoms with van der Waals surface area (Å²) in [6.07, 6.45) is 0.920. The van der Waals surface area contributed by atoms with E-state index < -0.39 is 6.03 Å². The van der Waals surface area contributed by atoms with Crippen molar-refractivity contribution < 1.29 is 4.79 Å². The highest BCUT2D eigenvalue weighted by Gasteiger charge is 2.26. The third-order valence-corrected chi connectivity index (χ3v) is 1.87. The summed E-state index contributed by atoms with van der Waals surface area (Å²) in [6, 6.07) is -0.491. The van der Waals surface area contributed by atoms with Crippen LogP contribution in [0.1, 0.15) is 34.1 Å². The van der Waals surface area contributed by atoms with Gasteiger partial charge in [-0.05, 0) is 18.8 Å². The second-order valence-electron chi connectivity index (χ2n) is 4.95. The molecule has 0 aliphatic rings. The molecule has 0 aromatic rings. The number of amides is 2. The molecule has 0 bridgehead atoms. The molecule has 2 amide bonds. The van der Waals surface area contributed by atoms with Gasteiger partial charge in [-0.2, -0.15) is 12.6 Å². The molecule has 0 fully saturated rings. The van der Waals surface area contributed by atoms with Gasteiger partial charge in [0, 0.05) is 11.3 Å². The molecule has 0 aliphatic heterocycles. The van der Waals surface area contributed by atoms with Crippen LogP contribution in [-0.4, -0.2) is 17.3 Å². The number of hydrogen-bond donors (Lipinski definition) is 3. The summed E-state index contributed by atoms with van der Waals surface area (Å²) in [5.74, 6) is 0. The lowest BCUT2D eigenvalue weighted by Crippen LogP contribution is -2.41.